The molecule has 0 bridgehead atoms. The summed E-state index contributed by atoms with van der Waals surface area (Å²) < 4.78 is 38.3. The zero-order chi connectivity index (χ0) is 26.5. The van der Waals surface area contributed by atoms with Crippen molar-refractivity contribution in [3.8, 4) is 11.5 Å². The van der Waals surface area contributed by atoms with Gasteiger partial charge < -0.3 is 14.8 Å². The predicted octanol–water partition coefficient (Wildman–Crippen LogP) is 5.99. The van der Waals surface area contributed by atoms with Gasteiger partial charge in [0.1, 0.15) is 24.8 Å². The van der Waals surface area contributed by atoms with Gasteiger partial charge in [-0.2, -0.15) is 0 Å². The van der Waals surface area contributed by atoms with E-state index in [0.717, 1.165) is 4.90 Å². The Morgan fingerprint density at radius 3 is 2.54 bits per heavy atom. The summed E-state index contributed by atoms with van der Waals surface area (Å²) >= 11 is 4.14. The van der Waals surface area contributed by atoms with Gasteiger partial charge in [0.05, 0.1) is 16.5 Å². The number of benzene rings is 3. The lowest BCUT2D eigenvalue weighted by molar-refractivity contribution is -0.127. The van der Waals surface area contributed by atoms with Crippen molar-refractivity contribution in [2.24, 2.45) is 0 Å². The topological polar surface area (TPSA) is 84.9 Å². The molecule has 0 aliphatic carbocycles. The van der Waals surface area contributed by atoms with Crippen molar-refractivity contribution in [1.29, 1.82) is 0 Å². The third kappa shape index (κ3) is 6.55. The highest BCUT2D eigenvalue weighted by molar-refractivity contribution is 9.10. The lowest BCUT2D eigenvalue weighted by Crippen LogP contribution is -2.36. The van der Waals surface area contributed by atoms with Gasteiger partial charge in [0.2, 0.25) is 5.91 Å². The van der Waals surface area contributed by atoms with Gasteiger partial charge in [0, 0.05) is 5.69 Å². The maximum atomic E-state index is 13.4. The molecule has 1 aliphatic heterocycles. The Labute approximate surface area is 223 Å². The smallest absolute Gasteiger partial charge is 0.294 e. The minimum atomic E-state index is -0.620. The van der Waals surface area contributed by atoms with Crippen LogP contribution in [0.4, 0.5) is 19.3 Å². The van der Waals surface area contributed by atoms with Gasteiger partial charge in [-0.05, 0) is 93.4 Å². The minimum Gasteiger partial charge on any atom is -0.493 e. The number of rotatable bonds is 8. The highest BCUT2D eigenvalue weighted by atomic mass is 79.9. The van der Waals surface area contributed by atoms with E-state index in [9.17, 15) is 23.2 Å². The van der Waals surface area contributed by atoms with Crippen LogP contribution in [0.25, 0.3) is 6.08 Å². The van der Waals surface area contributed by atoms with Crippen molar-refractivity contribution < 1.29 is 32.6 Å². The van der Waals surface area contributed by atoms with Gasteiger partial charge in [-0.15, -0.1) is 0 Å². The van der Waals surface area contributed by atoms with Crippen LogP contribution < -0.4 is 14.8 Å². The first-order valence-electron chi connectivity index (χ1n) is 10.8. The van der Waals surface area contributed by atoms with Crippen LogP contribution in [0, 0.1) is 11.6 Å². The molecule has 3 amide bonds. The van der Waals surface area contributed by atoms with E-state index in [1.54, 1.807) is 24.3 Å². The fourth-order valence-electron chi connectivity index (χ4n) is 3.41. The van der Waals surface area contributed by atoms with Crippen LogP contribution in [0.1, 0.15) is 11.1 Å². The first-order valence-corrected chi connectivity index (χ1v) is 12.4. The molecule has 37 heavy (non-hydrogen) atoms. The summed E-state index contributed by atoms with van der Waals surface area (Å²) in [6.45, 7) is -0.385. The summed E-state index contributed by atoms with van der Waals surface area (Å²) in [7, 11) is 1.45. The number of thioether (sulfide) groups is 1. The van der Waals surface area contributed by atoms with E-state index in [2.05, 4.69) is 21.2 Å². The van der Waals surface area contributed by atoms with E-state index in [4.69, 9.17) is 9.47 Å². The molecule has 0 saturated carbocycles. The van der Waals surface area contributed by atoms with Crippen LogP contribution in [0.3, 0.4) is 0 Å². The molecule has 7 nitrogen and oxygen atoms in total. The van der Waals surface area contributed by atoms with E-state index in [1.165, 1.54) is 49.6 Å². The number of amides is 3. The molecule has 0 aromatic heterocycles. The largest absolute Gasteiger partial charge is 0.493 e. The molecule has 1 fully saturated rings. The quantitative estimate of drug-likeness (QED) is 0.325. The number of anilines is 1. The monoisotopic (exact) mass is 588 g/mol. The second-order valence-electron chi connectivity index (χ2n) is 7.78. The molecule has 4 rings (SSSR count). The molecule has 190 valence electrons. The Hall–Kier alpha value is -3.70. The molecule has 11 heteroatoms. The molecular weight excluding hydrogens is 570 g/mol. The van der Waals surface area contributed by atoms with Crippen molar-refractivity contribution in [2.75, 3.05) is 19.0 Å². The summed E-state index contributed by atoms with van der Waals surface area (Å²) in [6, 6.07) is 14.4. The third-order valence-corrected chi connectivity index (χ3v) is 6.62. The van der Waals surface area contributed by atoms with E-state index in [0.29, 0.717) is 44.5 Å². The van der Waals surface area contributed by atoms with E-state index in [1.807, 2.05) is 0 Å². The SMILES string of the molecule is COc1cc(/C=C2\SC(=O)N(CC(=O)Nc3ccc(F)cc3)C2=O)cc(Br)c1OCc1cccc(F)c1. The van der Waals surface area contributed by atoms with Crippen LogP contribution in [0.15, 0.2) is 70.0 Å². The maximum absolute atomic E-state index is 13.4. The zero-order valence-electron chi connectivity index (χ0n) is 19.3. The van der Waals surface area contributed by atoms with Crippen molar-refractivity contribution in [3.63, 3.8) is 0 Å². The summed E-state index contributed by atoms with van der Waals surface area (Å²) in [5.41, 5.74) is 1.52. The number of ether oxygens (including phenoxy) is 2. The molecule has 1 saturated heterocycles. The van der Waals surface area contributed by atoms with Gasteiger partial charge >= 0.3 is 0 Å². The standard InChI is InChI=1S/C26H19BrF2N2O5S/c1-35-21-11-16(10-20(27)24(21)36-14-15-3-2-4-18(29)9-15)12-22-25(33)31(26(34)37-22)13-23(32)30-19-7-5-17(28)6-8-19/h2-12H,13-14H2,1H3,(H,30,32)/b22-12-. The van der Waals surface area contributed by atoms with Gasteiger partial charge in [-0.3, -0.25) is 19.3 Å². The van der Waals surface area contributed by atoms with Crippen molar-refractivity contribution >= 4 is 56.5 Å². The Bertz CT molecular complexity index is 1400. The van der Waals surface area contributed by atoms with Crippen LogP contribution in [0.2, 0.25) is 0 Å². The van der Waals surface area contributed by atoms with Crippen LogP contribution >= 0.6 is 27.7 Å². The third-order valence-electron chi connectivity index (χ3n) is 5.13. The number of nitrogens with one attached hydrogen (secondary N) is 1. The number of hydrogen-bond donors (Lipinski definition) is 1. The number of hydrogen-bond acceptors (Lipinski definition) is 6. The van der Waals surface area contributed by atoms with Gasteiger partial charge in [-0.25, -0.2) is 8.78 Å². The first kappa shape index (κ1) is 26.4. The molecule has 1 aliphatic rings. The average molecular weight is 589 g/mol. The lowest BCUT2D eigenvalue weighted by Gasteiger charge is -2.14. The van der Waals surface area contributed by atoms with Gasteiger partial charge in [-0.1, -0.05) is 12.1 Å². The Balaban J connectivity index is 1.46. The molecule has 3 aromatic carbocycles. The molecular formula is C26H19BrF2N2O5S. The molecule has 3 aromatic rings. The van der Waals surface area contributed by atoms with Gasteiger partial charge in [0.25, 0.3) is 11.1 Å². The first-order chi connectivity index (χ1) is 17.7. The van der Waals surface area contributed by atoms with E-state index < -0.39 is 29.4 Å². The van der Waals surface area contributed by atoms with Crippen molar-refractivity contribution in [1.82, 2.24) is 4.90 Å². The average Bonchev–Trinajstić information content (AvgIpc) is 3.11. The fraction of sp³-hybridized carbons (Fsp3) is 0.115. The zero-order valence-corrected chi connectivity index (χ0v) is 21.7. The maximum Gasteiger partial charge on any atom is 0.294 e. The fourth-order valence-corrected chi connectivity index (χ4v) is 4.82. The van der Waals surface area contributed by atoms with Crippen LogP contribution in [-0.2, 0) is 16.2 Å². The number of carbonyl (C=O) groups excluding carboxylic acids is 3. The summed E-state index contributed by atoms with van der Waals surface area (Å²) in [6.07, 6.45) is 1.51. The highest BCUT2D eigenvalue weighted by Crippen LogP contribution is 2.39. The summed E-state index contributed by atoms with van der Waals surface area (Å²) in [4.78, 5) is 38.5. The normalized spacial score (nSPS) is 14.3. The van der Waals surface area contributed by atoms with Crippen LogP contribution in [-0.4, -0.2) is 35.6 Å². The summed E-state index contributed by atoms with van der Waals surface area (Å²) in [5.74, 6) is -1.30. The van der Waals surface area contributed by atoms with E-state index >= 15 is 0 Å². The second kappa shape index (κ2) is 11.6. The summed E-state index contributed by atoms with van der Waals surface area (Å²) in [5, 5.41) is 1.93. The lowest BCUT2D eigenvalue weighted by atomic mass is 10.1. The second-order valence-corrected chi connectivity index (χ2v) is 9.62. The number of methoxy groups -OCH3 is 1. The molecule has 0 atom stereocenters. The minimum absolute atomic E-state index is 0.102. The van der Waals surface area contributed by atoms with E-state index in [-0.39, 0.29) is 17.3 Å². The number of nitrogens with zero attached hydrogens (tertiary/aromatic N) is 1. The van der Waals surface area contributed by atoms with Crippen LogP contribution in [0.5, 0.6) is 11.5 Å². The molecule has 1 N–H and O–H groups in total. The molecule has 0 unspecified atom stereocenters. The molecule has 0 spiro atoms. The Morgan fingerprint density at radius 2 is 1.84 bits per heavy atom. The van der Waals surface area contributed by atoms with Crippen molar-refractivity contribution in [2.45, 2.75) is 6.61 Å². The predicted molar refractivity (Wildman–Crippen MR) is 139 cm³/mol. The Morgan fingerprint density at radius 1 is 1.08 bits per heavy atom. The Kier molecular flexibility index (Phi) is 8.24. The molecule has 0 radical (unpaired) electrons. The van der Waals surface area contributed by atoms with Gasteiger partial charge in [0.15, 0.2) is 11.5 Å². The van der Waals surface area contributed by atoms with Crippen molar-refractivity contribution in [3.05, 3.63) is 92.8 Å². The number of carbonyl (C=O) groups is 3. The molecule has 1 heterocycles. The number of halogens is 3. The number of imide groups is 1. The highest BCUT2D eigenvalue weighted by Gasteiger charge is 2.36.